The third-order valence-electron chi connectivity index (χ3n) is 2.73. The highest BCUT2D eigenvalue weighted by atomic mass is 32.2. The van der Waals surface area contributed by atoms with Crippen LogP contribution in [0.25, 0.3) is 0 Å². The molecule has 0 fully saturated rings. The van der Waals surface area contributed by atoms with E-state index in [9.17, 15) is 13.2 Å². The van der Waals surface area contributed by atoms with Gasteiger partial charge in [-0.25, -0.2) is 8.42 Å². The van der Waals surface area contributed by atoms with Crippen molar-refractivity contribution in [2.45, 2.75) is 12.5 Å². The van der Waals surface area contributed by atoms with E-state index in [-0.39, 0.29) is 24.7 Å². The summed E-state index contributed by atoms with van der Waals surface area (Å²) in [4.78, 5) is 11.6. The Bertz CT molecular complexity index is 625. The van der Waals surface area contributed by atoms with Gasteiger partial charge in [-0.3, -0.25) is 4.79 Å². The van der Waals surface area contributed by atoms with E-state index in [1.165, 1.54) is 6.08 Å². The molecule has 20 heavy (non-hydrogen) atoms. The third kappa shape index (κ3) is 4.27. The van der Waals surface area contributed by atoms with Crippen LogP contribution in [0.2, 0.25) is 0 Å². The molecule has 7 heteroatoms. The molecular weight excluding hydrogens is 280 g/mol. The molecule has 1 atom stereocenters. The Labute approximate surface area is 117 Å². The molecule has 1 heterocycles. The highest BCUT2D eigenvalue weighted by Gasteiger charge is 2.22. The number of carbonyl (C=O) groups excluding carboxylic acids is 1. The minimum atomic E-state index is -3.15. The van der Waals surface area contributed by atoms with Crippen LogP contribution >= 0.6 is 0 Å². The molecule has 0 radical (unpaired) electrons. The van der Waals surface area contributed by atoms with Gasteiger partial charge in [-0.05, 0) is 18.2 Å². The van der Waals surface area contributed by atoms with E-state index >= 15 is 0 Å². The molecule has 2 rings (SSSR count). The second-order valence-corrected chi connectivity index (χ2v) is 6.43. The Morgan fingerprint density at radius 2 is 2.25 bits per heavy atom. The van der Waals surface area contributed by atoms with Gasteiger partial charge in [0.05, 0.1) is 24.8 Å². The summed E-state index contributed by atoms with van der Waals surface area (Å²) in [7, 11) is -3.15. The van der Waals surface area contributed by atoms with Crippen molar-refractivity contribution in [3.8, 4) is 5.75 Å². The van der Waals surface area contributed by atoms with E-state index in [0.717, 1.165) is 5.41 Å². The van der Waals surface area contributed by atoms with Crippen LogP contribution in [-0.4, -0.2) is 32.7 Å². The molecule has 1 amide bonds. The molecule has 0 aliphatic carbocycles. The van der Waals surface area contributed by atoms with Crippen molar-refractivity contribution in [2.24, 2.45) is 0 Å². The SMILES string of the molecule is Nc1cccc(OCCC(=O)NC2C=CS(=O)(=O)C2)c1. The molecule has 0 saturated carbocycles. The maximum atomic E-state index is 11.6. The summed E-state index contributed by atoms with van der Waals surface area (Å²) >= 11 is 0. The number of carbonyl (C=O) groups is 1. The summed E-state index contributed by atoms with van der Waals surface area (Å²) < 4.78 is 27.7. The quantitative estimate of drug-likeness (QED) is 0.769. The van der Waals surface area contributed by atoms with Gasteiger partial charge in [0.25, 0.3) is 0 Å². The molecule has 6 nitrogen and oxygen atoms in total. The Balaban J connectivity index is 1.72. The third-order valence-corrected chi connectivity index (χ3v) is 4.13. The van der Waals surface area contributed by atoms with Gasteiger partial charge in [-0.15, -0.1) is 0 Å². The largest absolute Gasteiger partial charge is 0.493 e. The van der Waals surface area contributed by atoms with E-state index in [2.05, 4.69) is 5.32 Å². The van der Waals surface area contributed by atoms with E-state index in [1.807, 2.05) is 0 Å². The predicted octanol–water partition coefficient (Wildman–Crippen LogP) is 0.465. The molecule has 1 unspecified atom stereocenters. The molecule has 1 aliphatic heterocycles. The smallest absolute Gasteiger partial charge is 0.223 e. The van der Waals surface area contributed by atoms with Crippen molar-refractivity contribution in [2.75, 3.05) is 18.1 Å². The monoisotopic (exact) mass is 296 g/mol. The summed E-state index contributed by atoms with van der Waals surface area (Å²) in [5.74, 6) is 0.274. The van der Waals surface area contributed by atoms with E-state index in [0.29, 0.717) is 11.4 Å². The van der Waals surface area contributed by atoms with Crippen molar-refractivity contribution in [1.82, 2.24) is 5.32 Å². The van der Waals surface area contributed by atoms with Crippen LogP contribution < -0.4 is 15.8 Å². The second kappa shape index (κ2) is 5.96. The minimum Gasteiger partial charge on any atom is -0.493 e. The first kappa shape index (κ1) is 14.4. The molecule has 0 aromatic heterocycles. The molecule has 3 N–H and O–H groups in total. The molecule has 108 valence electrons. The second-order valence-electron chi connectivity index (χ2n) is 4.50. The van der Waals surface area contributed by atoms with Gasteiger partial charge in [-0.1, -0.05) is 6.07 Å². The van der Waals surface area contributed by atoms with Gasteiger partial charge >= 0.3 is 0 Å². The van der Waals surface area contributed by atoms with Gasteiger partial charge in [0.1, 0.15) is 5.75 Å². The van der Waals surface area contributed by atoms with Crippen LogP contribution in [0.15, 0.2) is 35.7 Å². The Kier molecular flexibility index (Phi) is 4.29. The summed E-state index contributed by atoms with van der Waals surface area (Å²) in [6.45, 7) is 0.207. The lowest BCUT2D eigenvalue weighted by Gasteiger charge is -2.10. The summed E-state index contributed by atoms with van der Waals surface area (Å²) in [6.07, 6.45) is 1.63. The van der Waals surface area contributed by atoms with Crippen LogP contribution in [0.5, 0.6) is 5.75 Å². The van der Waals surface area contributed by atoms with Gasteiger partial charge in [-0.2, -0.15) is 0 Å². The minimum absolute atomic E-state index is 0.0746. The zero-order chi connectivity index (χ0) is 14.6. The van der Waals surface area contributed by atoms with Gasteiger partial charge in [0.2, 0.25) is 5.91 Å². The summed E-state index contributed by atoms with van der Waals surface area (Å²) in [5, 5.41) is 3.75. The van der Waals surface area contributed by atoms with Crippen LogP contribution in [0, 0.1) is 0 Å². The van der Waals surface area contributed by atoms with Gasteiger partial charge in [0.15, 0.2) is 9.84 Å². The van der Waals surface area contributed by atoms with Crippen molar-refractivity contribution in [3.05, 3.63) is 35.7 Å². The fourth-order valence-electron chi connectivity index (χ4n) is 1.81. The molecule has 1 aromatic rings. The van der Waals surface area contributed by atoms with Crippen molar-refractivity contribution in [3.63, 3.8) is 0 Å². The fraction of sp³-hybridized carbons (Fsp3) is 0.308. The standard InChI is InChI=1S/C13H16N2O4S/c14-10-2-1-3-12(8-10)19-6-4-13(16)15-11-5-7-20(17,18)9-11/h1-3,5,7-8,11H,4,6,9,14H2,(H,15,16). The molecule has 1 aromatic carbocycles. The summed E-state index contributed by atoms with van der Waals surface area (Å²) in [6, 6.07) is 6.48. The van der Waals surface area contributed by atoms with E-state index < -0.39 is 15.9 Å². The number of rotatable bonds is 5. The highest BCUT2D eigenvalue weighted by molar-refractivity contribution is 7.94. The molecular formula is C13H16N2O4S. The van der Waals surface area contributed by atoms with Crippen molar-refractivity contribution < 1.29 is 17.9 Å². The van der Waals surface area contributed by atoms with Gasteiger partial charge in [0, 0.05) is 17.2 Å². The lowest BCUT2D eigenvalue weighted by molar-refractivity contribution is -0.121. The number of nitrogens with one attached hydrogen (secondary N) is 1. The highest BCUT2D eigenvalue weighted by Crippen LogP contribution is 2.14. The van der Waals surface area contributed by atoms with E-state index in [4.69, 9.17) is 10.5 Å². The van der Waals surface area contributed by atoms with Crippen molar-refractivity contribution >= 4 is 21.4 Å². The first-order valence-corrected chi connectivity index (χ1v) is 7.85. The summed E-state index contributed by atoms with van der Waals surface area (Å²) in [5.41, 5.74) is 6.19. The average Bonchev–Trinajstić information content (AvgIpc) is 2.68. The topological polar surface area (TPSA) is 98.5 Å². The van der Waals surface area contributed by atoms with Crippen molar-refractivity contribution in [1.29, 1.82) is 0 Å². The van der Waals surface area contributed by atoms with Crippen LogP contribution in [0.1, 0.15) is 6.42 Å². The molecule has 0 spiro atoms. The predicted molar refractivity (Wildman–Crippen MR) is 75.8 cm³/mol. The lowest BCUT2D eigenvalue weighted by atomic mass is 10.3. The number of anilines is 1. The molecule has 0 bridgehead atoms. The number of nitrogen functional groups attached to an aromatic ring is 1. The number of sulfone groups is 1. The lowest BCUT2D eigenvalue weighted by Crippen LogP contribution is -2.36. The van der Waals surface area contributed by atoms with Gasteiger partial charge < -0.3 is 15.8 Å². The first-order valence-electron chi connectivity index (χ1n) is 6.13. The molecule has 0 saturated heterocycles. The van der Waals surface area contributed by atoms with Crippen LogP contribution in [0.4, 0.5) is 5.69 Å². The Morgan fingerprint density at radius 3 is 2.90 bits per heavy atom. The number of hydrogen-bond acceptors (Lipinski definition) is 5. The zero-order valence-electron chi connectivity index (χ0n) is 10.8. The fourth-order valence-corrected chi connectivity index (χ4v) is 3.05. The normalized spacial score (nSPS) is 19.7. The average molecular weight is 296 g/mol. The number of amides is 1. The first-order chi connectivity index (χ1) is 9.44. The maximum absolute atomic E-state index is 11.6. The van der Waals surface area contributed by atoms with Crippen LogP contribution in [0.3, 0.4) is 0 Å². The maximum Gasteiger partial charge on any atom is 0.223 e. The van der Waals surface area contributed by atoms with Crippen LogP contribution in [-0.2, 0) is 14.6 Å². The zero-order valence-corrected chi connectivity index (χ0v) is 11.6. The van der Waals surface area contributed by atoms with E-state index in [1.54, 1.807) is 24.3 Å². The Morgan fingerprint density at radius 1 is 1.45 bits per heavy atom. The number of ether oxygens (including phenoxy) is 1. The Hall–Kier alpha value is -2.02. The molecule has 1 aliphatic rings. The number of benzene rings is 1. The number of nitrogens with two attached hydrogens (primary N) is 1. The number of hydrogen-bond donors (Lipinski definition) is 2.